The van der Waals surface area contributed by atoms with Crippen molar-refractivity contribution in [1.82, 2.24) is 15.6 Å². The maximum Gasteiger partial charge on any atom is 0.226 e. The molecule has 0 saturated heterocycles. The second kappa shape index (κ2) is 10.9. The van der Waals surface area contributed by atoms with Gasteiger partial charge in [-0.05, 0) is 32.4 Å². The Morgan fingerprint density at radius 2 is 2.00 bits per heavy atom. The lowest BCUT2D eigenvalue weighted by molar-refractivity contribution is 0.572. The lowest BCUT2D eigenvalue weighted by atomic mass is 10.1. The van der Waals surface area contributed by atoms with Crippen molar-refractivity contribution in [2.45, 2.75) is 26.8 Å². The van der Waals surface area contributed by atoms with Gasteiger partial charge in [0.25, 0.3) is 0 Å². The van der Waals surface area contributed by atoms with Crippen LogP contribution in [0, 0.1) is 6.92 Å². The van der Waals surface area contributed by atoms with Crippen molar-refractivity contribution in [3.63, 3.8) is 0 Å². The molecule has 0 unspecified atom stereocenters. The third kappa shape index (κ3) is 6.35. The van der Waals surface area contributed by atoms with Crippen molar-refractivity contribution in [2.75, 3.05) is 13.6 Å². The number of hydrogen-bond acceptors (Lipinski definition) is 3. The highest BCUT2D eigenvalue weighted by atomic mass is 127. The fourth-order valence-corrected chi connectivity index (χ4v) is 2.05. The van der Waals surface area contributed by atoms with E-state index < -0.39 is 0 Å². The summed E-state index contributed by atoms with van der Waals surface area (Å²) >= 11 is 0. The summed E-state index contributed by atoms with van der Waals surface area (Å²) in [5.74, 6) is 1.40. The van der Waals surface area contributed by atoms with Crippen LogP contribution in [-0.4, -0.2) is 24.5 Å². The molecule has 2 aromatic rings. The molecular weight excluding hydrogens is 415 g/mol. The van der Waals surface area contributed by atoms with E-state index in [-0.39, 0.29) is 24.0 Å². The molecule has 0 fully saturated rings. The first kappa shape index (κ1) is 20.2. The zero-order chi connectivity index (χ0) is 16.5. The Balaban J connectivity index is 0.00000288. The van der Waals surface area contributed by atoms with Crippen LogP contribution in [0.5, 0.6) is 0 Å². The molecule has 0 atom stereocenters. The van der Waals surface area contributed by atoms with E-state index in [0.29, 0.717) is 12.4 Å². The zero-order valence-corrected chi connectivity index (χ0v) is 16.7. The standard InChI is InChI=1S/C18H24N4O.HI/c1-4-5-6-11-20-18(19-3)21-12-16-13-23-17(22-16)15-9-7-14(2)8-10-15;/h4-5,7-10,13H,6,11-12H2,1-3H3,(H2,19,20,21);1H/b5-4+;. The second-order valence-corrected chi connectivity index (χ2v) is 5.22. The molecule has 0 aliphatic carbocycles. The Morgan fingerprint density at radius 3 is 2.67 bits per heavy atom. The Labute approximate surface area is 160 Å². The summed E-state index contributed by atoms with van der Waals surface area (Å²) in [6, 6.07) is 8.13. The van der Waals surface area contributed by atoms with Gasteiger partial charge in [0.15, 0.2) is 5.96 Å². The number of aliphatic imine (C=N–C) groups is 1. The summed E-state index contributed by atoms with van der Waals surface area (Å²) in [4.78, 5) is 8.69. The van der Waals surface area contributed by atoms with Crippen molar-refractivity contribution < 1.29 is 4.42 Å². The molecule has 5 nitrogen and oxygen atoms in total. The van der Waals surface area contributed by atoms with Gasteiger partial charge in [-0.25, -0.2) is 4.98 Å². The lowest BCUT2D eigenvalue weighted by Crippen LogP contribution is -2.37. The van der Waals surface area contributed by atoms with Crippen LogP contribution in [0.4, 0.5) is 0 Å². The van der Waals surface area contributed by atoms with E-state index >= 15 is 0 Å². The molecule has 1 aromatic heterocycles. The minimum absolute atomic E-state index is 0. The number of hydrogen-bond donors (Lipinski definition) is 2. The minimum atomic E-state index is 0. The number of benzene rings is 1. The van der Waals surface area contributed by atoms with Crippen LogP contribution in [0.15, 0.2) is 52.1 Å². The van der Waals surface area contributed by atoms with Crippen LogP contribution in [0.1, 0.15) is 24.6 Å². The highest BCUT2D eigenvalue weighted by Crippen LogP contribution is 2.18. The van der Waals surface area contributed by atoms with E-state index in [1.165, 1.54) is 5.56 Å². The predicted molar refractivity (Wildman–Crippen MR) is 110 cm³/mol. The van der Waals surface area contributed by atoms with Gasteiger partial charge in [-0.1, -0.05) is 29.8 Å². The first-order valence-corrected chi connectivity index (χ1v) is 7.80. The van der Waals surface area contributed by atoms with Gasteiger partial charge in [-0.2, -0.15) is 0 Å². The smallest absolute Gasteiger partial charge is 0.226 e. The summed E-state index contributed by atoms with van der Waals surface area (Å²) in [5, 5.41) is 6.48. The highest BCUT2D eigenvalue weighted by Gasteiger charge is 2.07. The summed E-state index contributed by atoms with van der Waals surface area (Å²) in [7, 11) is 1.76. The van der Waals surface area contributed by atoms with Gasteiger partial charge < -0.3 is 15.1 Å². The molecule has 0 bridgehead atoms. The fraction of sp³-hybridized carbons (Fsp3) is 0.333. The normalized spacial score (nSPS) is 11.4. The van der Waals surface area contributed by atoms with Gasteiger partial charge >= 0.3 is 0 Å². The summed E-state index contributed by atoms with van der Waals surface area (Å²) in [5.41, 5.74) is 3.04. The van der Waals surface area contributed by atoms with Crippen molar-refractivity contribution in [2.24, 2.45) is 4.99 Å². The van der Waals surface area contributed by atoms with E-state index in [0.717, 1.165) is 30.2 Å². The van der Waals surface area contributed by atoms with Gasteiger partial charge in [-0.3, -0.25) is 4.99 Å². The number of nitrogens with one attached hydrogen (secondary N) is 2. The van der Waals surface area contributed by atoms with Crippen LogP contribution < -0.4 is 10.6 Å². The highest BCUT2D eigenvalue weighted by molar-refractivity contribution is 14.0. The molecule has 0 aliphatic heterocycles. The monoisotopic (exact) mass is 440 g/mol. The third-order valence-electron chi connectivity index (χ3n) is 3.35. The molecule has 2 rings (SSSR count). The van der Waals surface area contributed by atoms with Crippen LogP contribution in [-0.2, 0) is 6.54 Å². The average molecular weight is 440 g/mol. The van der Waals surface area contributed by atoms with Gasteiger partial charge in [-0.15, -0.1) is 24.0 Å². The van der Waals surface area contributed by atoms with Gasteiger partial charge in [0.1, 0.15) is 6.26 Å². The molecule has 0 saturated carbocycles. The van der Waals surface area contributed by atoms with Gasteiger partial charge in [0.2, 0.25) is 5.89 Å². The Hall–Kier alpha value is -1.83. The Bertz CT molecular complexity index is 662. The number of rotatable bonds is 6. The number of aromatic nitrogens is 1. The number of halogens is 1. The molecule has 6 heteroatoms. The summed E-state index contributed by atoms with van der Waals surface area (Å²) in [6.07, 6.45) is 6.81. The van der Waals surface area contributed by atoms with E-state index in [1.54, 1.807) is 13.3 Å². The number of oxazole rings is 1. The zero-order valence-electron chi connectivity index (χ0n) is 14.4. The first-order chi connectivity index (χ1) is 11.2. The SMILES string of the molecule is C/C=C/CCNC(=NC)NCc1coc(-c2ccc(C)cc2)n1.I. The topological polar surface area (TPSA) is 62.5 Å². The summed E-state index contributed by atoms with van der Waals surface area (Å²) < 4.78 is 5.55. The first-order valence-electron chi connectivity index (χ1n) is 7.80. The maximum atomic E-state index is 5.55. The number of aryl methyl sites for hydroxylation is 1. The number of guanidine groups is 1. The minimum Gasteiger partial charge on any atom is -0.444 e. The van der Waals surface area contributed by atoms with E-state index in [1.807, 2.05) is 37.3 Å². The quantitative estimate of drug-likeness (QED) is 0.235. The van der Waals surface area contributed by atoms with Gasteiger partial charge in [0.05, 0.1) is 12.2 Å². The second-order valence-electron chi connectivity index (χ2n) is 5.22. The lowest BCUT2D eigenvalue weighted by Gasteiger charge is -2.09. The van der Waals surface area contributed by atoms with Crippen molar-refractivity contribution in [3.05, 3.63) is 53.9 Å². The largest absolute Gasteiger partial charge is 0.444 e. The molecule has 1 heterocycles. The Kier molecular flexibility index (Phi) is 9.14. The number of nitrogens with zero attached hydrogens (tertiary/aromatic N) is 2. The predicted octanol–water partition coefficient (Wildman–Crippen LogP) is 3.90. The molecule has 130 valence electrons. The van der Waals surface area contributed by atoms with E-state index in [4.69, 9.17) is 4.42 Å². The van der Waals surface area contributed by atoms with E-state index in [9.17, 15) is 0 Å². The fourth-order valence-electron chi connectivity index (χ4n) is 2.05. The van der Waals surface area contributed by atoms with Gasteiger partial charge in [0, 0.05) is 19.2 Å². The van der Waals surface area contributed by atoms with Crippen LogP contribution in [0.2, 0.25) is 0 Å². The molecule has 24 heavy (non-hydrogen) atoms. The van der Waals surface area contributed by atoms with Crippen molar-refractivity contribution in [3.8, 4) is 11.5 Å². The van der Waals surface area contributed by atoms with E-state index in [2.05, 4.69) is 33.6 Å². The van der Waals surface area contributed by atoms with Crippen molar-refractivity contribution in [1.29, 1.82) is 0 Å². The van der Waals surface area contributed by atoms with Crippen molar-refractivity contribution >= 4 is 29.9 Å². The molecule has 1 aromatic carbocycles. The average Bonchev–Trinajstić information content (AvgIpc) is 3.04. The third-order valence-corrected chi connectivity index (χ3v) is 3.35. The Morgan fingerprint density at radius 1 is 1.25 bits per heavy atom. The molecule has 2 N–H and O–H groups in total. The molecule has 0 radical (unpaired) electrons. The molecular formula is C18H25IN4O. The molecule has 0 amide bonds. The summed E-state index contributed by atoms with van der Waals surface area (Å²) in [6.45, 7) is 5.49. The van der Waals surface area contributed by atoms with Crippen LogP contribution in [0.3, 0.4) is 0 Å². The van der Waals surface area contributed by atoms with Crippen LogP contribution >= 0.6 is 24.0 Å². The number of allylic oxidation sites excluding steroid dienone is 1. The molecule has 0 spiro atoms. The maximum absolute atomic E-state index is 5.55. The molecule has 0 aliphatic rings. The van der Waals surface area contributed by atoms with Crippen LogP contribution in [0.25, 0.3) is 11.5 Å².